The fourth-order valence-electron chi connectivity index (χ4n) is 2.30. The third kappa shape index (κ3) is 4.73. The summed E-state index contributed by atoms with van der Waals surface area (Å²) in [5, 5.41) is 3.01. The molecule has 0 saturated heterocycles. The van der Waals surface area contributed by atoms with Gasteiger partial charge in [-0.3, -0.25) is 4.79 Å². The van der Waals surface area contributed by atoms with Gasteiger partial charge in [-0.2, -0.15) is 0 Å². The summed E-state index contributed by atoms with van der Waals surface area (Å²) < 4.78 is 15.4. The van der Waals surface area contributed by atoms with Gasteiger partial charge in [0.25, 0.3) is 5.91 Å². The molecule has 0 saturated carbocycles. The van der Waals surface area contributed by atoms with Gasteiger partial charge in [-0.15, -0.1) is 11.3 Å². The van der Waals surface area contributed by atoms with Gasteiger partial charge < -0.3 is 19.2 Å². The molecule has 0 fully saturated rings. The number of hydrogen-bond acceptors (Lipinski definition) is 7. The molecule has 0 radical (unpaired) electrons. The Balaban J connectivity index is 2.06. The van der Waals surface area contributed by atoms with Crippen molar-refractivity contribution in [2.45, 2.75) is 27.2 Å². The van der Waals surface area contributed by atoms with E-state index in [1.807, 2.05) is 13.8 Å². The molecule has 140 valence electrons. The first-order valence-electron chi connectivity index (χ1n) is 7.89. The third-order valence-corrected chi connectivity index (χ3v) is 4.89. The SMILES string of the molecule is CCOC(=O)c1c(NC(=O)COC(=O)c2ccc(Br)o2)sc(C)c1CC. The van der Waals surface area contributed by atoms with E-state index in [2.05, 4.69) is 21.2 Å². The van der Waals surface area contributed by atoms with Crippen molar-refractivity contribution >= 4 is 50.1 Å². The Kier molecular flexibility index (Phi) is 6.98. The summed E-state index contributed by atoms with van der Waals surface area (Å²) in [5.41, 5.74) is 1.19. The minimum Gasteiger partial charge on any atom is -0.462 e. The van der Waals surface area contributed by atoms with Crippen LogP contribution in [-0.2, 0) is 20.7 Å². The second-order valence-electron chi connectivity index (χ2n) is 5.14. The molecule has 2 heterocycles. The van der Waals surface area contributed by atoms with Crippen LogP contribution in [0.25, 0.3) is 0 Å². The van der Waals surface area contributed by atoms with E-state index in [1.54, 1.807) is 13.0 Å². The largest absolute Gasteiger partial charge is 0.462 e. The number of thiophene rings is 1. The van der Waals surface area contributed by atoms with Crippen LogP contribution in [0.1, 0.15) is 45.2 Å². The molecule has 7 nitrogen and oxygen atoms in total. The normalized spacial score (nSPS) is 10.5. The first kappa shape index (κ1) is 20.2. The van der Waals surface area contributed by atoms with E-state index in [9.17, 15) is 14.4 Å². The number of carbonyl (C=O) groups is 3. The summed E-state index contributed by atoms with van der Waals surface area (Å²) in [5.74, 6) is -1.81. The Morgan fingerprint density at radius 1 is 1.19 bits per heavy atom. The second-order valence-corrected chi connectivity index (χ2v) is 7.15. The summed E-state index contributed by atoms with van der Waals surface area (Å²) in [6, 6.07) is 2.97. The number of anilines is 1. The van der Waals surface area contributed by atoms with E-state index in [-0.39, 0.29) is 12.4 Å². The maximum Gasteiger partial charge on any atom is 0.374 e. The van der Waals surface area contributed by atoms with Crippen molar-refractivity contribution < 1.29 is 28.3 Å². The number of nitrogens with one attached hydrogen (secondary N) is 1. The average molecular weight is 444 g/mol. The van der Waals surface area contributed by atoms with Crippen molar-refractivity contribution in [3.8, 4) is 0 Å². The van der Waals surface area contributed by atoms with Gasteiger partial charge in [0.05, 0.1) is 12.2 Å². The number of halogens is 1. The third-order valence-electron chi connectivity index (χ3n) is 3.40. The molecular weight excluding hydrogens is 426 g/mol. The van der Waals surface area contributed by atoms with Crippen molar-refractivity contribution in [3.05, 3.63) is 38.6 Å². The first-order chi connectivity index (χ1) is 12.4. The van der Waals surface area contributed by atoms with Gasteiger partial charge in [0.2, 0.25) is 5.76 Å². The molecule has 2 aromatic rings. The molecule has 0 atom stereocenters. The number of hydrogen-bond donors (Lipinski definition) is 1. The molecule has 9 heteroatoms. The molecule has 26 heavy (non-hydrogen) atoms. The molecule has 0 bridgehead atoms. The molecule has 0 spiro atoms. The Morgan fingerprint density at radius 2 is 1.92 bits per heavy atom. The number of amides is 1. The monoisotopic (exact) mass is 443 g/mol. The van der Waals surface area contributed by atoms with Crippen molar-refractivity contribution in [3.63, 3.8) is 0 Å². The van der Waals surface area contributed by atoms with Crippen LogP contribution in [0.4, 0.5) is 5.00 Å². The smallest absolute Gasteiger partial charge is 0.374 e. The lowest BCUT2D eigenvalue weighted by molar-refractivity contribution is -0.119. The van der Waals surface area contributed by atoms with E-state index >= 15 is 0 Å². The van der Waals surface area contributed by atoms with Gasteiger partial charge in [0, 0.05) is 4.88 Å². The second kappa shape index (κ2) is 9.00. The molecule has 2 aromatic heterocycles. The van der Waals surface area contributed by atoms with Crippen LogP contribution in [-0.4, -0.2) is 31.1 Å². The van der Waals surface area contributed by atoms with Gasteiger partial charge in [-0.25, -0.2) is 9.59 Å². The zero-order chi connectivity index (χ0) is 19.3. The maximum atomic E-state index is 12.2. The zero-order valence-electron chi connectivity index (χ0n) is 14.5. The first-order valence-corrected chi connectivity index (χ1v) is 9.49. The predicted molar refractivity (Wildman–Crippen MR) is 99.7 cm³/mol. The molecule has 0 aliphatic rings. The highest BCUT2D eigenvalue weighted by molar-refractivity contribution is 9.10. The molecule has 1 N–H and O–H groups in total. The van der Waals surface area contributed by atoms with Crippen molar-refractivity contribution in [1.29, 1.82) is 0 Å². The molecule has 0 aliphatic heterocycles. The number of ether oxygens (including phenoxy) is 2. The quantitative estimate of drug-likeness (QED) is 0.650. The number of furan rings is 1. The number of aryl methyl sites for hydroxylation is 1. The minimum absolute atomic E-state index is 0.0166. The van der Waals surface area contributed by atoms with Gasteiger partial charge in [-0.1, -0.05) is 6.92 Å². The predicted octanol–water partition coefficient (Wildman–Crippen LogP) is 3.95. The number of rotatable bonds is 7. The Hall–Kier alpha value is -2.13. The molecular formula is C17H18BrNO6S. The van der Waals surface area contributed by atoms with Crippen LogP contribution in [0, 0.1) is 6.92 Å². The van der Waals surface area contributed by atoms with E-state index in [0.29, 0.717) is 21.7 Å². The van der Waals surface area contributed by atoms with E-state index in [1.165, 1.54) is 17.4 Å². The van der Waals surface area contributed by atoms with Gasteiger partial charge >= 0.3 is 11.9 Å². The molecule has 0 unspecified atom stereocenters. The van der Waals surface area contributed by atoms with Crippen molar-refractivity contribution in [2.75, 3.05) is 18.5 Å². The van der Waals surface area contributed by atoms with E-state index < -0.39 is 24.5 Å². The van der Waals surface area contributed by atoms with Gasteiger partial charge in [0.15, 0.2) is 11.3 Å². The van der Waals surface area contributed by atoms with Crippen LogP contribution < -0.4 is 5.32 Å². The zero-order valence-corrected chi connectivity index (χ0v) is 16.9. The summed E-state index contributed by atoms with van der Waals surface area (Å²) in [6.45, 7) is 5.25. The van der Waals surface area contributed by atoms with Crippen LogP contribution in [0.2, 0.25) is 0 Å². The standard InChI is InChI=1S/C17H18BrNO6S/c1-4-10-9(3)26-15(14(10)17(22)23-5-2)19-13(20)8-24-16(21)11-6-7-12(18)25-11/h6-7H,4-5,8H2,1-3H3,(H,19,20). The molecule has 0 aromatic carbocycles. The van der Waals surface area contributed by atoms with Crippen LogP contribution in [0.3, 0.4) is 0 Å². The fourth-order valence-corrected chi connectivity index (χ4v) is 3.76. The molecule has 0 aliphatic carbocycles. The maximum absolute atomic E-state index is 12.2. The lowest BCUT2D eigenvalue weighted by atomic mass is 10.1. The van der Waals surface area contributed by atoms with Gasteiger partial charge in [0.1, 0.15) is 5.00 Å². The van der Waals surface area contributed by atoms with Crippen molar-refractivity contribution in [1.82, 2.24) is 0 Å². The Morgan fingerprint density at radius 3 is 2.50 bits per heavy atom. The average Bonchev–Trinajstić information content (AvgIpc) is 3.15. The fraction of sp³-hybridized carbons (Fsp3) is 0.353. The van der Waals surface area contributed by atoms with Gasteiger partial charge in [-0.05, 0) is 53.9 Å². The number of carbonyl (C=O) groups excluding carboxylic acids is 3. The Labute approximate surface area is 162 Å². The highest BCUT2D eigenvalue weighted by Gasteiger charge is 2.24. The topological polar surface area (TPSA) is 94.8 Å². The highest BCUT2D eigenvalue weighted by atomic mass is 79.9. The molecule has 2 rings (SSSR count). The van der Waals surface area contributed by atoms with Crippen LogP contribution >= 0.6 is 27.3 Å². The van der Waals surface area contributed by atoms with E-state index in [0.717, 1.165) is 10.4 Å². The summed E-state index contributed by atoms with van der Waals surface area (Å²) in [7, 11) is 0. The summed E-state index contributed by atoms with van der Waals surface area (Å²) in [6.07, 6.45) is 0.634. The van der Waals surface area contributed by atoms with Crippen LogP contribution in [0.15, 0.2) is 21.2 Å². The summed E-state index contributed by atoms with van der Waals surface area (Å²) >= 11 is 4.36. The molecule has 1 amide bonds. The highest BCUT2D eigenvalue weighted by Crippen LogP contribution is 2.34. The lowest BCUT2D eigenvalue weighted by Crippen LogP contribution is -2.21. The number of esters is 2. The minimum atomic E-state index is -0.756. The van der Waals surface area contributed by atoms with Crippen molar-refractivity contribution in [2.24, 2.45) is 0 Å². The lowest BCUT2D eigenvalue weighted by Gasteiger charge is -2.08. The van der Waals surface area contributed by atoms with E-state index in [4.69, 9.17) is 13.9 Å². The van der Waals surface area contributed by atoms with Crippen LogP contribution in [0.5, 0.6) is 0 Å². The summed E-state index contributed by atoms with van der Waals surface area (Å²) in [4.78, 5) is 37.1. The Bertz CT molecular complexity index is 825.